The first kappa shape index (κ1) is 95.1. The van der Waals surface area contributed by atoms with Gasteiger partial charge in [-0.1, -0.05) is 356 Å². The molecule has 0 fully saturated rings. The van der Waals surface area contributed by atoms with Crippen LogP contribution in [0.25, 0.3) is 0 Å². The Balaban J connectivity index is 5.24. The molecule has 0 aliphatic heterocycles. The Morgan fingerprint density at radius 2 is 0.474 bits per heavy atom. The van der Waals surface area contributed by atoms with Crippen molar-refractivity contribution in [3.63, 3.8) is 0 Å². The van der Waals surface area contributed by atoms with Gasteiger partial charge in [-0.05, 0) is 37.5 Å². The molecule has 0 aromatic heterocycles. The Morgan fingerprint density at radius 3 is 0.701 bits per heavy atom. The number of phosphoric ester groups is 2. The maximum absolute atomic E-state index is 13.1. The molecule has 0 bridgehead atoms. The van der Waals surface area contributed by atoms with E-state index in [1.54, 1.807) is 0 Å². The summed E-state index contributed by atoms with van der Waals surface area (Å²) in [7, 11) is -9.91. The number of phosphoric acid groups is 2. The van der Waals surface area contributed by atoms with Crippen LogP contribution in [-0.4, -0.2) is 96.7 Å². The summed E-state index contributed by atoms with van der Waals surface area (Å²) in [5.41, 5.74) is 0. The minimum absolute atomic E-state index is 0.106. The number of ether oxygens (including phenoxy) is 4. The van der Waals surface area contributed by atoms with E-state index in [9.17, 15) is 43.2 Å². The standard InChI is InChI=1S/C78H152O17P2/c1-7-9-11-13-15-17-19-20-21-24-27-31-37-43-49-55-61-76(81)89-66-73(94-77(82)62-56-50-44-38-32-28-25-22-23-26-30-34-40-46-52-58-70(3)4)68-92-96(84,85)90-64-72(79)65-91-97(86,87)93-69-74(67-88-75(80)60-54-48-42-36-29-18-16-14-12-10-8-2)95-78(83)63-57-51-45-39-33-35-41-47-53-59-71(5)6/h70-74,79H,7-69H2,1-6H3,(H,84,85)(H,86,87)/t72-,73-,74-/m1/s1. The van der Waals surface area contributed by atoms with Crippen LogP contribution in [-0.2, 0) is 65.4 Å². The maximum atomic E-state index is 13.1. The quantitative estimate of drug-likeness (QED) is 0.0222. The highest BCUT2D eigenvalue weighted by atomic mass is 31.2. The van der Waals surface area contributed by atoms with Crippen LogP contribution in [0.2, 0.25) is 0 Å². The fourth-order valence-electron chi connectivity index (χ4n) is 12.0. The van der Waals surface area contributed by atoms with Crippen molar-refractivity contribution in [2.75, 3.05) is 39.6 Å². The SMILES string of the molecule is CCCCCCCCCCCCCCCCCCC(=O)OC[C@H](COP(=O)(O)OC[C@@H](O)COP(=O)(O)OC[C@@H](COC(=O)CCCCCCCCCCCCC)OC(=O)CCCCCCCCCCCC(C)C)OC(=O)CCCCCCCCCCCCCCCCCC(C)C. The van der Waals surface area contributed by atoms with Crippen molar-refractivity contribution in [1.82, 2.24) is 0 Å². The van der Waals surface area contributed by atoms with Gasteiger partial charge in [0.15, 0.2) is 12.2 Å². The maximum Gasteiger partial charge on any atom is 0.472 e. The second-order valence-electron chi connectivity index (χ2n) is 29.1. The van der Waals surface area contributed by atoms with Crippen LogP contribution in [0, 0.1) is 11.8 Å². The summed E-state index contributed by atoms with van der Waals surface area (Å²) in [6, 6.07) is 0. The Kier molecular flexibility index (Phi) is 68.4. The number of unbranched alkanes of at least 4 members (excludes halogenated alkanes) is 47. The normalized spacial score (nSPS) is 14.0. The number of rotatable bonds is 77. The van der Waals surface area contributed by atoms with E-state index < -0.39 is 97.5 Å². The first-order valence-electron chi connectivity index (χ1n) is 40.5. The topological polar surface area (TPSA) is 237 Å². The molecule has 3 N–H and O–H groups in total. The van der Waals surface area contributed by atoms with Gasteiger partial charge in [-0.15, -0.1) is 0 Å². The van der Waals surface area contributed by atoms with Crippen molar-refractivity contribution in [2.45, 2.75) is 426 Å². The molecular weight excluding hydrogens is 1270 g/mol. The molecule has 0 radical (unpaired) electrons. The van der Waals surface area contributed by atoms with E-state index in [0.29, 0.717) is 25.7 Å². The minimum Gasteiger partial charge on any atom is -0.462 e. The van der Waals surface area contributed by atoms with Crippen LogP contribution in [0.1, 0.15) is 408 Å². The van der Waals surface area contributed by atoms with Gasteiger partial charge in [0.05, 0.1) is 26.4 Å². The molecule has 2 unspecified atom stereocenters. The summed E-state index contributed by atoms with van der Waals surface area (Å²) >= 11 is 0. The molecule has 576 valence electrons. The van der Waals surface area contributed by atoms with Crippen molar-refractivity contribution in [2.24, 2.45) is 11.8 Å². The molecule has 0 spiro atoms. The van der Waals surface area contributed by atoms with Gasteiger partial charge in [-0.25, -0.2) is 9.13 Å². The van der Waals surface area contributed by atoms with Crippen LogP contribution in [0.5, 0.6) is 0 Å². The summed E-state index contributed by atoms with van der Waals surface area (Å²) in [6.07, 6.45) is 58.2. The predicted octanol–water partition coefficient (Wildman–Crippen LogP) is 23.1. The van der Waals surface area contributed by atoms with Gasteiger partial charge in [-0.3, -0.25) is 37.3 Å². The van der Waals surface area contributed by atoms with E-state index in [1.807, 2.05) is 0 Å². The smallest absolute Gasteiger partial charge is 0.462 e. The zero-order valence-electron chi connectivity index (χ0n) is 63.4. The van der Waals surface area contributed by atoms with Crippen LogP contribution in [0.3, 0.4) is 0 Å². The van der Waals surface area contributed by atoms with E-state index in [4.69, 9.17) is 37.0 Å². The van der Waals surface area contributed by atoms with E-state index in [0.717, 1.165) is 102 Å². The molecule has 97 heavy (non-hydrogen) atoms. The second kappa shape index (κ2) is 69.8. The third-order valence-corrected chi connectivity index (χ3v) is 20.1. The van der Waals surface area contributed by atoms with E-state index >= 15 is 0 Å². The van der Waals surface area contributed by atoms with E-state index in [1.165, 1.54) is 225 Å². The van der Waals surface area contributed by atoms with Gasteiger partial charge in [0, 0.05) is 25.7 Å². The molecular formula is C78H152O17P2. The van der Waals surface area contributed by atoms with Crippen LogP contribution in [0.4, 0.5) is 0 Å². The fraction of sp³-hybridized carbons (Fsp3) is 0.949. The average molecular weight is 1420 g/mol. The first-order chi connectivity index (χ1) is 46.9. The van der Waals surface area contributed by atoms with Gasteiger partial charge in [0.2, 0.25) is 0 Å². The minimum atomic E-state index is -4.96. The highest BCUT2D eigenvalue weighted by molar-refractivity contribution is 7.47. The summed E-state index contributed by atoms with van der Waals surface area (Å²) in [5, 5.41) is 10.6. The van der Waals surface area contributed by atoms with Crippen molar-refractivity contribution < 1.29 is 80.2 Å². The van der Waals surface area contributed by atoms with Gasteiger partial charge in [-0.2, -0.15) is 0 Å². The molecule has 0 saturated heterocycles. The third-order valence-electron chi connectivity index (χ3n) is 18.2. The van der Waals surface area contributed by atoms with Gasteiger partial charge < -0.3 is 33.8 Å². The van der Waals surface area contributed by atoms with Crippen LogP contribution >= 0.6 is 15.6 Å². The number of carbonyl (C=O) groups is 4. The number of hydrogen-bond acceptors (Lipinski definition) is 15. The largest absolute Gasteiger partial charge is 0.472 e. The molecule has 0 rings (SSSR count). The summed E-state index contributed by atoms with van der Waals surface area (Å²) in [6.45, 7) is 9.62. The second-order valence-corrected chi connectivity index (χ2v) is 32.0. The molecule has 0 aliphatic carbocycles. The number of carbonyl (C=O) groups excluding carboxylic acids is 4. The molecule has 0 aromatic carbocycles. The van der Waals surface area contributed by atoms with Crippen molar-refractivity contribution in [3.8, 4) is 0 Å². The highest BCUT2D eigenvalue weighted by Gasteiger charge is 2.30. The van der Waals surface area contributed by atoms with Crippen LogP contribution < -0.4 is 0 Å². The summed E-state index contributed by atoms with van der Waals surface area (Å²) < 4.78 is 68.6. The third kappa shape index (κ3) is 72.2. The molecule has 0 aromatic rings. The Hall–Kier alpha value is -1.94. The average Bonchev–Trinajstić information content (AvgIpc) is 1.02. The highest BCUT2D eigenvalue weighted by Crippen LogP contribution is 2.45. The molecule has 0 saturated carbocycles. The first-order valence-corrected chi connectivity index (χ1v) is 43.5. The monoisotopic (exact) mass is 1420 g/mol. The van der Waals surface area contributed by atoms with Crippen molar-refractivity contribution in [1.29, 1.82) is 0 Å². The fourth-order valence-corrected chi connectivity index (χ4v) is 13.6. The zero-order chi connectivity index (χ0) is 71.4. The molecule has 17 nitrogen and oxygen atoms in total. The van der Waals surface area contributed by atoms with Gasteiger partial charge in [0.1, 0.15) is 19.3 Å². The molecule has 0 aliphatic rings. The number of esters is 4. The molecule has 5 atom stereocenters. The van der Waals surface area contributed by atoms with E-state index in [2.05, 4.69) is 41.5 Å². The Morgan fingerprint density at radius 1 is 0.278 bits per heavy atom. The molecule has 0 heterocycles. The van der Waals surface area contributed by atoms with Gasteiger partial charge in [0.25, 0.3) is 0 Å². The number of aliphatic hydroxyl groups is 1. The number of hydrogen-bond donors (Lipinski definition) is 3. The van der Waals surface area contributed by atoms with E-state index in [-0.39, 0.29) is 25.7 Å². The number of aliphatic hydroxyl groups excluding tert-OH is 1. The predicted molar refractivity (Wildman–Crippen MR) is 395 cm³/mol. The van der Waals surface area contributed by atoms with Crippen molar-refractivity contribution >= 4 is 39.5 Å². The van der Waals surface area contributed by atoms with Crippen molar-refractivity contribution in [3.05, 3.63) is 0 Å². The lowest BCUT2D eigenvalue weighted by atomic mass is 10.0. The summed E-state index contributed by atoms with van der Waals surface area (Å²) in [5.74, 6) is -0.572. The lowest BCUT2D eigenvalue weighted by Gasteiger charge is -2.21. The van der Waals surface area contributed by atoms with Crippen LogP contribution in [0.15, 0.2) is 0 Å². The molecule has 19 heteroatoms. The molecule has 0 amide bonds. The summed E-state index contributed by atoms with van der Waals surface area (Å²) in [4.78, 5) is 72.9. The Labute approximate surface area is 594 Å². The zero-order valence-corrected chi connectivity index (χ0v) is 65.2. The van der Waals surface area contributed by atoms with Gasteiger partial charge >= 0.3 is 39.5 Å². The Bertz CT molecular complexity index is 1870. The lowest BCUT2D eigenvalue weighted by Crippen LogP contribution is -2.30. The lowest BCUT2D eigenvalue weighted by molar-refractivity contribution is -0.161.